The Bertz CT molecular complexity index is 932. The highest BCUT2D eigenvalue weighted by Gasteiger charge is 2.24. The van der Waals surface area contributed by atoms with Gasteiger partial charge in [0.2, 0.25) is 0 Å². The Morgan fingerprint density at radius 2 is 1.75 bits per heavy atom. The minimum absolute atomic E-state index is 0.0423. The Balaban J connectivity index is 2.39. The van der Waals surface area contributed by atoms with Crippen LogP contribution in [-0.2, 0) is 5.41 Å². The van der Waals surface area contributed by atoms with Crippen LogP contribution in [0.3, 0.4) is 0 Å². The van der Waals surface area contributed by atoms with Gasteiger partial charge in [-0.15, -0.1) is 0 Å². The molecule has 2 aromatic heterocycles. The number of hydrogen-bond acceptors (Lipinski definition) is 3. The number of benzene rings is 1. The van der Waals surface area contributed by atoms with Gasteiger partial charge in [-0.05, 0) is 25.5 Å². The van der Waals surface area contributed by atoms with E-state index in [0.29, 0.717) is 5.65 Å². The topological polar surface area (TPSA) is 67.5 Å². The van der Waals surface area contributed by atoms with E-state index in [4.69, 9.17) is 0 Å². The zero-order valence-electron chi connectivity index (χ0n) is 14.6. The number of aromatic carboxylic acids is 1. The van der Waals surface area contributed by atoms with Crippen LogP contribution in [0.5, 0.6) is 0 Å². The molecule has 1 aromatic carbocycles. The lowest BCUT2D eigenvalue weighted by molar-refractivity contribution is 0.0690. The van der Waals surface area contributed by atoms with Crippen molar-refractivity contribution in [3.63, 3.8) is 0 Å². The fraction of sp³-hybridized carbons (Fsp3) is 0.316. The highest BCUT2D eigenvalue weighted by Crippen LogP contribution is 2.31. The van der Waals surface area contributed by atoms with Crippen LogP contribution in [0.25, 0.3) is 16.8 Å². The third-order valence-electron chi connectivity index (χ3n) is 4.09. The lowest BCUT2D eigenvalue weighted by Gasteiger charge is -2.20. The number of carbonyl (C=O) groups is 1. The Morgan fingerprint density at radius 3 is 2.29 bits per heavy atom. The number of aromatic nitrogens is 3. The van der Waals surface area contributed by atoms with Gasteiger partial charge in [-0.3, -0.25) is 0 Å². The number of hydrogen-bond donors (Lipinski definition) is 1. The predicted molar refractivity (Wildman–Crippen MR) is 93.6 cm³/mol. The van der Waals surface area contributed by atoms with Crippen molar-refractivity contribution in [1.82, 2.24) is 14.6 Å². The molecule has 3 rings (SSSR count). The maximum absolute atomic E-state index is 11.5. The van der Waals surface area contributed by atoms with Gasteiger partial charge in [0.15, 0.2) is 11.3 Å². The van der Waals surface area contributed by atoms with Crippen LogP contribution in [0, 0.1) is 13.8 Å². The first kappa shape index (κ1) is 16.2. The molecule has 1 N–H and O–H groups in total. The largest absolute Gasteiger partial charge is 0.477 e. The summed E-state index contributed by atoms with van der Waals surface area (Å²) in [7, 11) is 0. The Hall–Kier alpha value is -2.69. The van der Waals surface area contributed by atoms with E-state index in [1.807, 2.05) is 58.9 Å². The molecule has 0 radical (unpaired) electrons. The summed E-state index contributed by atoms with van der Waals surface area (Å²) in [4.78, 5) is 15.9. The number of fused-ring (bicyclic) bond motifs is 1. The first-order chi connectivity index (χ1) is 11.2. The molecule has 0 atom stereocenters. The first-order valence-electron chi connectivity index (χ1n) is 7.89. The maximum atomic E-state index is 11.5. The van der Waals surface area contributed by atoms with E-state index >= 15 is 0 Å². The molecule has 124 valence electrons. The number of nitrogens with zero attached hydrogens (tertiary/aromatic N) is 3. The second kappa shape index (κ2) is 5.44. The van der Waals surface area contributed by atoms with Crippen molar-refractivity contribution in [3.05, 3.63) is 53.0 Å². The van der Waals surface area contributed by atoms with Crippen molar-refractivity contribution in [3.8, 4) is 11.1 Å². The van der Waals surface area contributed by atoms with E-state index in [9.17, 15) is 9.90 Å². The van der Waals surface area contributed by atoms with Crippen LogP contribution < -0.4 is 0 Å². The van der Waals surface area contributed by atoms with Gasteiger partial charge in [-0.2, -0.15) is 5.10 Å². The molecule has 0 saturated heterocycles. The maximum Gasteiger partial charge on any atom is 0.354 e. The van der Waals surface area contributed by atoms with E-state index in [1.54, 1.807) is 10.6 Å². The fourth-order valence-corrected chi connectivity index (χ4v) is 2.83. The summed E-state index contributed by atoms with van der Waals surface area (Å²) < 4.78 is 1.77. The Labute approximate surface area is 141 Å². The molecular formula is C19H21N3O2. The van der Waals surface area contributed by atoms with Gasteiger partial charge in [0, 0.05) is 11.0 Å². The highest BCUT2D eigenvalue weighted by atomic mass is 16.4. The van der Waals surface area contributed by atoms with Crippen LogP contribution >= 0.6 is 0 Å². The van der Waals surface area contributed by atoms with E-state index in [-0.39, 0.29) is 11.1 Å². The van der Waals surface area contributed by atoms with Gasteiger partial charge in [0.25, 0.3) is 0 Å². The molecule has 0 saturated carbocycles. The molecule has 5 nitrogen and oxygen atoms in total. The number of carboxylic acids is 1. The minimum Gasteiger partial charge on any atom is -0.477 e. The van der Waals surface area contributed by atoms with Gasteiger partial charge in [-0.25, -0.2) is 14.3 Å². The Kier molecular flexibility index (Phi) is 3.67. The summed E-state index contributed by atoms with van der Waals surface area (Å²) >= 11 is 0. The van der Waals surface area contributed by atoms with Gasteiger partial charge < -0.3 is 5.11 Å². The van der Waals surface area contributed by atoms with E-state index in [0.717, 1.165) is 22.5 Å². The van der Waals surface area contributed by atoms with E-state index in [1.165, 1.54) is 5.56 Å². The summed E-state index contributed by atoms with van der Waals surface area (Å²) in [6.07, 6.45) is 0. The van der Waals surface area contributed by atoms with E-state index < -0.39 is 5.97 Å². The third kappa shape index (κ3) is 2.66. The highest BCUT2D eigenvalue weighted by molar-refractivity contribution is 5.88. The fourth-order valence-electron chi connectivity index (χ4n) is 2.83. The summed E-state index contributed by atoms with van der Waals surface area (Å²) in [5, 5.41) is 14.1. The number of rotatable bonds is 2. The van der Waals surface area contributed by atoms with Crippen LogP contribution in [0.15, 0.2) is 30.3 Å². The molecule has 0 bridgehead atoms. The smallest absolute Gasteiger partial charge is 0.354 e. The molecular weight excluding hydrogens is 302 g/mol. The first-order valence-corrected chi connectivity index (χ1v) is 7.89. The molecule has 5 heteroatoms. The standard InChI is InChI=1S/C19H21N3O2/c1-11-6-8-13(9-7-11)16-12(2)21-22-15(19(3,4)5)10-14(18(23)24)20-17(16)22/h6-10H,1-5H3,(H,23,24). The van der Waals surface area contributed by atoms with Gasteiger partial charge in [0.05, 0.1) is 11.4 Å². The quantitative estimate of drug-likeness (QED) is 0.774. The SMILES string of the molecule is Cc1ccc(-c2c(C)nn3c(C(C)(C)C)cc(C(=O)O)nc23)cc1. The second-order valence-corrected chi connectivity index (χ2v) is 7.14. The van der Waals surface area contributed by atoms with Crippen LogP contribution in [0.2, 0.25) is 0 Å². The average Bonchev–Trinajstić information content (AvgIpc) is 2.82. The molecule has 0 amide bonds. The number of aryl methyl sites for hydroxylation is 2. The normalized spacial score (nSPS) is 11.9. The summed E-state index contributed by atoms with van der Waals surface area (Å²) in [5.74, 6) is -1.03. The molecule has 0 aliphatic rings. The third-order valence-corrected chi connectivity index (χ3v) is 4.09. The molecule has 0 fully saturated rings. The predicted octanol–water partition coefficient (Wildman–Crippen LogP) is 4.01. The van der Waals surface area contributed by atoms with Crippen LogP contribution in [0.1, 0.15) is 48.2 Å². The molecule has 0 spiro atoms. The molecule has 0 aliphatic carbocycles. The number of carboxylic acid groups (broad SMARTS) is 1. The zero-order chi connectivity index (χ0) is 17.6. The van der Waals surface area contributed by atoms with Gasteiger partial charge in [0.1, 0.15) is 0 Å². The second-order valence-electron chi connectivity index (χ2n) is 7.14. The minimum atomic E-state index is -1.03. The van der Waals surface area contributed by atoms with Crippen molar-refractivity contribution >= 4 is 11.6 Å². The summed E-state index contributed by atoms with van der Waals surface area (Å²) in [5.41, 5.74) is 5.07. The van der Waals surface area contributed by atoms with Crippen molar-refractivity contribution in [2.75, 3.05) is 0 Å². The summed E-state index contributed by atoms with van der Waals surface area (Å²) in [6, 6.07) is 9.71. The molecule has 0 unspecified atom stereocenters. The lowest BCUT2D eigenvalue weighted by Crippen LogP contribution is -2.19. The lowest BCUT2D eigenvalue weighted by atomic mass is 9.91. The molecule has 0 aliphatic heterocycles. The van der Waals surface area contributed by atoms with Crippen molar-refractivity contribution in [2.45, 2.75) is 40.0 Å². The Morgan fingerprint density at radius 1 is 1.12 bits per heavy atom. The molecule has 3 aromatic rings. The van der Waals surface area contributed by atoms with Crippen LogP contribution in [0.4, 0.5) is 0 Å². The van der Waals surface area contributed by atoms with Crippen LogP contribution in [-0.4, -0.2) is 25.7 Å². The van der Waals surface area contributed by atoms with Gasteiger partial charge >= 0.3 is 5.97 Å². The van der Waals surface area contributed by atoms with Crippen molar-refractivity contribution in [1.29, 1.82) is 0 Å². The van der Waals surface area contributed by atoms with E-state index in [2.05, 4.69) is 10.1 Å². The average molecular weight is 323 g/mol. The molecule has 2 heterocycles. The van der Waals surface area contributed by atoms with Crippen molar-refractivity contribution in [2.24, 2.45) is 0 Å². The molecule has 24 heavy (non-hydrogen) atoms. The van der Waals surface area contributed by atoms with Gasteiger partial charge in [-0.1, -0.05) is 50.6 Å². The zero-order valence-corrected chi connectivity index (χ0v) is 14.6. The van der Waals surface area contributed by atoms with Crippen molar-refractivity contribution < 1.29 is 9.90 Å². The summed E-state index contributed by atoms with van der Waals surface area (Å²) in [6.45, 7) is 10.1. The monoisotopic (exact) mass is 323 g/mol.